The molecule has 0 spiro atoms. The van der Waals surface area contributed by atoms with Crippen molar-refractivity contribution in [2.75, 3.05) is 5.88 Å². The van der Waals surface area contributed by atoms with Crippen LogP contribution < -0.4 is 0 Å². The highest BCUT2D eigenvalue weighted by molar-refractivity contribution is 9.10. The maximum Gasteiger partial charge on any atom is 0.0631 e. The Bertz CT molecular complexity index is 496. The predicted octanol–water partition coefficient (Wildman–Crippen LogP) is 3.75. The van der Waals surface area contributed by atoms with Crippen molar-refractivity contribution >= 4 is 27.5 Å². The maximum absolute atomic E-state index is 6.06. The molecule has 0 saturated heterocycles. The van der Waals surface area contributed by atoms with Gasteiger partial charge in [-0.2, -0.15) is 5.10 Å². The fourth-order valence-corrected chi connectivity index (χ4v) is 2.55. The number of aryl methyl sites for hydroxylation is 1. The van der Waals surface area contributed by atoms with Crippen LogP contribution in [-0.4, -0.2) is 15.7 Å². The van der Waals surface area contributed by atoms with E-state index in [1.54, 1.807) is 0 Å². The van der Waals surface area contributed by atoms with Crippen LogP contribution in [0.5, 0.6) is 0 Å². The molecule has 1 aromatic heterocycles. The summed E-state index contributed by atoms with van der Waals surface area (Å²) in [5, 5.41) is 4.39. The van der Waals surface area contributed by atoms with Crippen LogP contribution in [0.1, 0.15) is 17.2 Å². The van der Waals surface area contributed by atoms with Gasteiger partial charge in [0.05, 0.1) is 5.69 Å². The average Bonchev–Trinajstić information content (AvgIpc) is 2.72. The molecule has 17 heavy (non-hydrogen) atoms. The van der Waals surface area contributed by atoms with Crippen LogP contribution in [0.3, 0.4) is 0 Å². The van der Waals surface area contributed by atoms with E-state index in [0.717, 1.165) is 16.6 Å². The highest BCUT2D eigenvalue weighted by atomic mass is 79.9. The minimum Gasteiger partial charge on any atom is -0.276 e. The topological polar surface area (TPSA) is 17.8 Å². The molecule has 0 fully saturated rings. The van der Waals surface area contributed by atoms with E-state index < -0.39 is 0 Å². The van der Waals surface area contributed by atoms with Gasteiger partial charge in [0, 0.05) is 29.5 Å². The molecule has 2 rings (SSSR count). The average molecular weight is 314 g/mol. The van der Waals surface area contributed by atoms with E-state index >= 15 is 0 Å². The van der Waals surface area contributed by atoms with Gasteiger partial charge >= 0.3 is 0 Å². The van der Waals surface area contributed by atoms with Crippen LogP contribution in [0.15, 0.2) is 41.0 Å². The predicted molar refractivity (Wildman–Crippen MR) is 74.5 cm³/mol. The van der Waals surface area contributed by atoms with E-state index in [-0.39, 0.29) is 0 Å². The summed E-state index contributed by atoms with van der Waals surface area (Å²) in [4.78, 5) is 0. The molecule has 0 aliphatic carbocycles. The van der Waals surface area contributed by atoms with Crippen molar-refractivity contribution in [1.82, 2.24) is 9.78 Å². The normalized spacial score (nSPS) is 12.6. The van der Waals surface area contributed by atoms with Crippen molar-refractivity contribution in [3.63, 3.8) is 0 Å². The third-order valence-corrected chi connectivity index (χ3v) is 3.60. The molecule has 0 aliphatic rings. The molecule has 1 aromatic carbocycles. The molecule has 4 heteroatoms. The van der Waals surface area contributed by atoms with Gasteiger partial charge in [-0.15, -0.1) is 11.6 Å². The van der Waals surface area contributed by atoms with E-state index in [0.29, 0.717) is 11.8 Å². The van der Waals surface area contributed by atoms with Crippen LogP contribution >= 0.6 is 27.5 Å². The van der Waals surface area contributed by atoms with Crippen molar-refractivity contribution in [2.45, 2.75) is 12.3 Å². The second-order valence-corrected chi connectivity index (χ2v) is 5.32. The molecule has 0 saturated carbocycles. The highest BCUT2D eigenvalue weighted by Gasteiger charge is 2.13. The minimum atomic E-state index is 0.309. The van der Waals surface area contributed by atoms with Crippen LogP contribution in [0.2, 0.25) is 0 Å². The SMILES string of the molecule is Cn1ccc(CC(CCl)c2cccc(Br)c2)n1. The van der Waals surface area contributed by atoms with Crippen LogP contribution in [0.25, 0.3) is 0 Å². The third kappa shape index (κ3) is 3.33. The van der Waals surface area contributed by atoms with E-state index in [4.69, 9.17) is 11.6 Å². The van der Waals surface area contributed by atoms with Crippen LogP contribution in [0, 0.1) is 0 Å². The fraction of sp³-hybridized carbons (Fsp3) is 0.308. The van der Waals surface area contributed by atoms with E-state index in [9.17, 15) is 0 Å². The van der Waals surface area contributed by atoms with Gasteiger partial charge in [-0.05, 0) is 30.2 Å². The summed E-state index contributed by atoms with van der Waals surface area (Å²) in [5.41, 5.74) is 2.33. The molecular formula is C13H14BrClN2. The lowest BCUT2D eigenvalue weighted by molar-refractivity contribution is 0.697. The summed E-state index contributed by atoms with van der Waals surface area (Å²) in [6, 6.07) is 10.3. The third-order valence-electron chi connectivity index (χ3n) is 2.73. The molecular weight excluding hydrogens is 300 g/mol. The number of hydrogen-bond donors (Lipinski definition) is 0. The molecule has 0 aliphatic heterocycles. The molecule has 90 valence electrons. The summed E-state index contributed by atoms with van der Waals surface area (Å²) in [7, 11) is 1.93. The van der Waals surface area contributed by atoms with Crippen LogP contribution in [0.4, 0.5) is 0 Å². The summed E-state index contributed by atoms with van der Waals surface area (Å²) < 4.78 is 2.91. The first-order valence-corrected chi connectivity index (χ1v) is 6.81. The van der Waals surface area contributed by atoms with Gasteiger partial charge in [-0.1, -0.05) is 28.1 Å². The summed E-state index contributed by atoms with van der Waals surface area (Å²) in [5.74, 6) is 0.914. The number of aromatic nitrogens is 2. The van der Waals surface area contributed by atoms with Gasteiger partial charge in [-0.3, -0.25) is 4.68 Å². The molecule has 0 N–H and O–H groups in total. The molecule has 0 bridgehead atoms. The molecule has 1 atom stereocenters. The zero-order chi connectivity index (χ0) is 12.3. The minimum absolute atomic E-state index is 0.309. The second kappa shape index (κ2) is 5.69. The van der Waals surface area contributed by atoms with Crippen LogP contribution in [-0.2, 0) is 13.5 Å². The fourth-order valence-electron chi connectivity index (χ4n) is 1.85. The first kappa shape index (κ1) is 12.7. The number of alkyl halides is 1. The number of halogens is 2. The van der Waals surface area contributed by atoms with Crippen molar-refractivity contribution in [1.29, 1.82) is 0 Å². The van der Waals surface area contributed by atoms with Gasteiger partial charge in [0.15, 0.2) is 0 Å². The lowest BCUT2D eigenvalue weighted by Gasteiger charge is -2.13. The van der Waals surface area contributed by atoms with Gasteiger partial charge in [0.25, 0.3) is 0 Å². The molecule has 1 heterocycles. The van der Waals surface area contributed by atoms with Crippen molar-refractivity contribution in [3.8, 4) is 0 Å². The smallest absolute Gasteiger partial charge is 0.0631 e. The Morgan fingerprint density at radius 3 is 2.82 bits per heavy atom. The Hall–Kier alpha value is -0.800. The first-order chi connectivity index (χ1) is 8.19. The summed E-state index contributed by atoms with van der Waals surface area (Å²) in [6.07, 6.45) is 2.84. The second-order valence-electron chi connectivity index (χ2n) is 4.09. The maximum atomic E-state index is 6.06. The zero-order valence-corrected chi connectivity index (χ0v) is 11.9. The molecule has 0 amide bonds. The van der Waals surface area contributed by atoms with Gasteiger partial charge < -0.3 is 0 Å². The van der Waals surface area contributed by atoms with E-state index in [2.05, 4.69) is 33.2 Å². The molecule has 1 unspecified atom stereocenters. The number of hydrogen-bond acceptors (Lipinski definition) is 1. The highest BCUT2D eigenvalue weighted by Crippen LogP contribution is 2.24. The van der Waals surface area contributed by atoms with E-state index in [1.807, 2.05) is 36.1 Å². The van der Waals surface area contributed by atoms with Crippen molar-refractivity contribution in [3.05, 3.63) is 52.3 Å². The van der Waals surface area contributed by atoms with E-state index in [1.165, 1.54) is 5.56 Å². The Morgan fingerprint density at radius 1 is 1.41 bits per heavy atom. The molecule has 0 radical (unpaired) electrons. The number of benzene rings is 1. The molecule has 2 aromatic rings. The first-order valence-electron chi connectivity index (χ1n) is 5.49. The number of nitrogens with zero attached hydrogens (tertiary/aromatic N) is 2. The van der Waals surface area contributed by atoms with Crippen molar-refractivity contribution in [2.24, 2.45) is 7.05 Å². The summed E-state index contributed by atoms with van der Waals surface area (Å²) in [6.45, 7) is 0. The Labute approximate surface area is 115 Å². The Morgan fingerprint density at radius 2 is 2.24 bits per heavy atom. The monoisotopic (exact) mass is 312 g/mol. The largest absolute Gasteiger partial charge is 0.276 e. The van der Waals surface area contributed by atoms with Gasteiger partial charge in [0.1, 0.15) is 0 Å². The van der Waals surface area contributed by atoms with Gasteiger partial charge in [0.2, 0.25) is 0 Å². The van der Waals surface area contributed by atoms with Gasteiger partial charge in [-0.25, -0.2) is 0 Å². The summed E-state index contributed by atoms with van der Waals surface area (Å²) >= 11 is 9.55. The standard InChI is InChI=1S/C13H14BrClN2/c1-17-6-5-13(16-17)8-11(9-15)10-3-2-4-12(14)7-10/h2-7,11H,8-9H2,1H3. The molecule has 2 nitrogen and oxygen atoms in total. The Balaban J connectivity index is 2.16. The zero-order valence-electron chi connectivity index (χ0n) is 9.61. The number of rotatable bonds is 4. The lowest BCUT2D eigenvalue weighted by Crippen LogP contribution is -2.05. The quantitative estimate of drug-likeness (QED) is 0.786. The lowest BCUT2D eigenvalue weighted by atomic mass is 9.96. The Kier molecular flexibility index (Phi) is 4.24. The van der Waals surface area contributed by atoms with Crippen molar-refractivity contribution < 1.29 is 0 Å².